The van der Waals surface area contributed by atoms with Crippen LogP contribution in [0.4, 0.5) is 5.82 Å². The minimum absolute atomic E-state index is 0.0998. The lowest BCUT2D eigenvalue weighted by Gasteiger charge is -2.18. The monoisotopic (exact) mass is 268 g/mol. The number of carbonyl (C=O) groups is 1. The zero-order valence-electron chi connectivity index (χ0n) is 10.2. The van der Waals surface area contributed by atoms with Crippen molar-refractivity contribution in [1.29, 1.82) is 0 Å². The number of carboxylic acids is 1. The van der Waals surface area contributed by atoms with Crippen LogP contribution in [0.3, 0.4) is 0 Å². The van der Waals surface area contributed by atoms with E-state index in [1.807, 2.05) is 0 Å². The third-order valence-corrected chi connectivity index (χ3v) is 3.70. The average molecular weight is 269 g/mol. The summed E-state index contributed by atoms with van der Waals surface area (Å²) in [6.07, 6.45) is 8.61. The Morgan fingerprint density at radius 2 is 2.00 bits per heavy atom. The van der Waals surface area contributed by atoms with Crippen molar-refractivity contribution in [2.45, 2.75) is 44.6 Å². The molecular formula is C13H17ClN2O2. The number of nitrogens with one attached hydrogen (secondary N) is 1. The van der Waals surface area contributed by atoms with Gasteiger partial charge in [0.1, 0.15) is 5.82 Å². The molecule has 0 amide bonds. The van der Waals surface area contributed by atoms with E-state index in [4.69, 9.17) is 16.7 Å². The van der Waals surface area contributed by atoms with Crippen molar-refractivity contribution < 1.29 is 9.90 Å². The molecule has 0 spiro atoms. The van der Waals surface area contributed by atoms with Gasteiger partial charge in [0.05, 0.1) is 10.6 Å². The van der Waals surface area contributed by atoms with E-state index in [1.165, 1.54) is 37.9 Å². The van der Waals surface area contributed by atoms with Crippen LogP contribution in [-0.2, 0) is 0 Å². The summed E-state index contributed by atoms with van der Waals surface area (Å²) < 4.78 is 0. The van der Waals surface area contributed by atoms with Crippen LogP contribution in [0.5, 0.6) is 0 Å². The van der Waals surface area contributed by atoms with Gasteiger partial charge in [-0.1, -0.05) is 37.3 Å². The lowest BCUT2D eigenvalue weighted by atomic mass is 10.1. The molecule has 0 aromatic carbocycles. The number of aromatic carboxylic acids is 1. The Morgan fingerprint density at radius 1 is 1.33 bits per heavy atom. The molecule has 1 aliphatic carbocycles. The Morgan fingerprint density at radius 3 is 2.61 bits per heavy atom. The molecule has 98 valence electrons. The molecule has 1 aliphatic rings. The van der Waals surface area contributed by atoms with E-state index in [-0.39, 0.29) is 10.6 Å². The molecule has 0 aliphatic heterocycles. The molecule has 2 rings (SSSR count). The molecule has 1 heterocycles. The predicted molar refractivity (Wildman–Crippen MR) is 71.3 cm³/mol. The molecule has 18 heavy (non-hydrogen) atoms. The van der Waals surface area contributed by atoms with Crippen LogP contribution in [0.25, 0.3) is 0 Å². The molecule has 4 nitrogen and oxygen atoms in total. The van der Waals surface area contributed by atoms with Gasteiger partial charge in [-0.05, 0) is 18.9 Å². The summed E-state index contributed by atoms with van der Waals surface area (Å²) in [4.78, 5) is 15.1. The summed E-state index contributed by atoms with van der Waals surface area (Å²) in [6, 6.07) is 1.77. The lowest BCUT2D eigenvalue weighted by molar-refractivity contribution is 0.0697. The van der Waals surface area contributed by atoms with E-state index >= 15 is 0 Å². The van der Waals surface area contributed by atoms with Crippen molar-refractivity contribution in [2.75, 3.05) is 5.32 Å². The number of carboxylic acid groups (broad SMARTS) is 1. The van der Waals surface area contributed by atoms with Crippen molar-refractivity contribution in [3.05, 3.63) is 22.8 Å². The quantitative estimate of drug-likeness (QED) is 0.823. The van der Waals surface area contributed by atoms with Crippen LogP contribution in [0.1, 0.15) is 48.9 Å². The van der Waals surface area contributed by atoms with E-state index in [2.05, 4.69) is 10.3 Å². The molecule has 1 aromatic rings. The van der Waals surface area contributed by atoms with Gasteiger partial charge < -0.3 is 10.4 Å². The Balaban J connectivity index is 2.13. The van der Waals surface area contributed by atoms with Gasteiger partial charge in [0.15, 0.2) is 0 Å². The second kappa shape index (κ2) is 6.05. The van der Waals surface area contributed by atoms with Crippen LogP contribution in [-0.4, -0.2) is 22.1 Å². The molecule has 0 unspecified atom stereocenters. The van der Waals surface area contributed by atoms with Gasteiger partial charge in [0, 0.05) is 12.2 Å². The van der Waals surface area contributed by atoms with Crippen LogP contribution in [0.15, 0.2) is 12.3 Å². The topological polar surface area (TPSA) is 62.2 Å². The zero-order valence-corrected chi connectivity index (χ0v) is 10.9. The number of rotatable bonds is 3. The second-order valence-corrected chi connectivity index (χ2v) is 5.04. The second-order valence-electron chi connectivity index (χ2n) is 4.66. The van der Waals surface area contributed by atoms with Gasteiger partial charge in [-0.2, -0.15) is 0 Å². The van der Waals surface area contributed by atoms with E-state index in [0.717, 1.165) is 12.8 Å². The Bertz CT molecular complexity index is 429. The van der Waals surface area contributed by atoms with Gasteiger partial charge in [0.2, 0.25) is 0 Å². The maximum absolute atomic E-state index is 11.0. The van der Waals surface area contributed by atoms with Crippen molar-refractivity contribution in [3.63, 3.8) is 0 Å². The molecule has 0 radical (unpaired) electrons. The minimum atomic E-state index is -1.02. The van der Waals surface area contributed by atoms with Gasteiger partial charge in [-0.15, -0.1) is 0 Å². The summed E-state index contributed by atoms with van der Waals surface area (Å²) >= 11 is 6.06. The van der Waals surface area contributed by atoms with Crippen molar-refractivity contribution in [1.82, 2.24) is 4.98 Å². The third-order valence-electron chi connectivity index (χ3n) is 3.32. The van der Waals surface area contributed by atoms with Crippen molar-refractivity contribution >= 4 is 23.4 Å². The van der Waals surface area contributed by atoms with Crippen LogP contribution in [0.2, 0.25) is 5.02 Å². The summed E-state index contributed by atoms with van der Waals surface area (Å²) in [7, 11) is 0. The fourth-order valence-electron chi connectivity index (χ4n) is 2.33. The molecule has 5 heteroatoms. The highest BCUT2D eigenvalue weighted by Gasteiger charge is 2.17. The van der Waals surface area contributed by atoms with Crippen LogP contribution >= 0.6 is 11.6 Å². The molecular weight excluding hydrogens is 252 g/mol. The maximum Gasteiger partial charge on any atom is 0.337 e. The van der Waals surface area contributed by atoms with Crippen LogP contribution < -0.4 is 5.32 Å². The van der Waals surface area contributed by atoms with Crippen molar-refractivity contribution in [2.24, 2.45) is 0 Å². The molecule has 1 saturated carbocycles. The Hall–Kier alpha value is -1.29. The first-order valence-corrected chi connectivity index (χ1v) is 6.70. The highest BCUT2D eigenvalue weighted by Crippen LogP contribution is 2.27. The standard InChI is InChI=1S/C13H17ClN2O2/c14-11-10(13(17)18)7-8-15-12(11)16-9-5-3-1-2-4-6-9/h7-9H,1-6H2,(H,15,16)(H,17,18). The average Bonchev–Trinajstić information content (AvgIpc) is 2.60. The summed E-state index contributed by atoms with van der Waals surface area (Å²) in [5.74, 6) is -0.533. The van der Waals surface area contributed by atoms with Crippen LogP contribution in [0, 0.1) is 0 Å². The molecule has 0 saturated heterocycles. The molecule has 2 N–H and O–H groups in total. The summed E-state index contributed by atoms with van der Waals surface area (Å²) in [5.41, 5.74) is 0.0998. The third kappa shape index (κ3) is 3.13. The molecule has 0 atom stereocenters. The minimum Gasteiger partial charge on any atom is -0.478 e. The Labute approximate surface area is 111 Å². The normalized spacial score (nSPS) is 17.2. The fourth-order valence-corrected chi connectivity index (χ4v) is 2.57. The summed E-state index contributed by atoms with van der Waals surface area (Å²) in [6.45, 7) is 0. The van der Waals surface area contributed by atoms with E-state index in [0.29, 0.717) is 11.9 Å². The number of nitrogens with zero attached hydrogens (tertiary/aromatic N) is 1. The van der Waals surface area contributed by atoms with E-state index < -0.39 is 5.97 Å². The Kier molecular flexibility index (Phi) is 4.42. The number of pyridine rings is 1. The van der Waals surface area contributed by atoms with Gasteiger partial charge in [-0.25, -0.2) is 9.78 Å². The maximum atomic E-state index is 11.0. The van der Waals surface area contributed by atoms with Crippen molar-refractivity contribution in [3.8, 4) is 0 Å². The first kappa shape index (κ1) is 13.1. The lowest BCUT2D eigenvalue weighted by Crippen LogP contribution is -2.19. The van der Waals surface area contributed by atoms with Gasteiger partial charge in [0.25, 0.3) is 0 Å². The number of anilines is 1. The number of hydrogen-bond donors (Lipinski definition) is 2. The number of hydrogen-bond acceptors (Lipinski definition) is 3. The summed E-state index contributed by atoms with van der Waals surface area (Å²) in [5, 5.41) is 12.5. The molecule has 1 aromatic heterocycles. The first-order chi connectivity index (χ1) is 8.68. The highest BCUT2D eigenvalue weighted by molar-refractivity contribution is 6.35. The zero-order chi connectivity index (χ0) is 13.0. The number of aromatic nitrogens is 1. The SMILES string of the molecule is O=C(O)c1ccnc(NC2CCCCCC2)c1Cl. The van der Waals surface area contributed by atoms with E-state index in [9.17, 15) is 4.79 Å². The smallest absolute Gasteiger partial charge is 0.337 e. The van der Waals surface area contributed by atoms with Gasteiger partial charge >= 0.3 is 5.97 Å². The first-order valence-electron chi connectivity index (χ1n) is 6.33. The highest BCUT2D eigenvalue weighted by atomic mass is 35.5. The van der Waals surface area contributed by atoms with Gasteiger partial charge in [-0.3, -0.25) is 0 Å². The predicted octanol–water partition coefficient (Wildman–Crippen LogP) is 3.57. The molecule has 1 fully saturated rings. The fraction of sp³-hybridized carbons (Fsp3) is 0.538. The van der Waals surface area contributed by atoms with E-state index in [1.54, 1.807) is 0 Å². The largest absolute Gasteiger partial charge is 0.478 e. The molecule has 0 bridgehead atoms. The number of halogens is 1.